The lowest BCUT2D eigenvalue weighted by Gasteiger charge is -2.33. The number of rotatable bonds is 1. The molecule has 0 radical (unpaired) electrons. The van der Waals surface area contributed by atoms with Crippen molar-refractivity contribution in [1.29, 1.82) is 0 Å². The molecule has 1 saturated carbocycles. The van der Waals surface area contributed by atoms with Crippen LogP contribution >= 0.6 is 0 Å². The van der Waals surface area contributed by atoms with E-state index >= 15 is 0 Å². The van der Waals surface area contributed by atoms with Gasteiger partial charge in [-0.25, -0.2) is 0 Å². The van der Waals surface area contributed by atoms with Crippen LogP contribution in [0.4, 0.5) is 0 Å². The molecule has 0 bridgehead atoms. The van der Waals surface area contributed by atoms with Crippen LogP contribution in [0, 0.1) is 0 Å². The molecular weight excluding hydrogens is 188 g/mol. The van der Waals surface area contributed by atoms with Crippen molar-refractivity contribution in [2.45, 2.75) is 57.4 Å². The standard InChI is InChI=1S/C12H22N2O/c15-13-11-7-3-4-8-12(11)14-9-5-1-2-6-10-14/h12,15H,1-10H2/b13-11+/t12-/m0/s1. The zero-order valence-electron chi connectivity index (χ0n) is 9.49. The summed E-state index contributed by atoms with van der Waals surface area (Å²) < 4.78 is 0. The van der Waals surface area contributed by atoms with Crippen LogP contribution in [-0.4, -0.2) is 35.0 Å². The molecule has 0 aromatic heterocycles. The minimum atomic E-state index is 0.446. The first kappa shape index (κ1) is 10.9. The number of oxime groups is 1. The first-order valence-corrected chi connectivity index (χ1v) is 6.36. The zero-order valence-corrected chi connectivity index (χ0v) is 9.49. The number of nitrogens with zero attached hydrogens (tertiary/aromatic N) is 2. The summed E-state index contributed by atoms with van der Waals surface area (Å²) >= 11 is 0. The second-order valence-electron chi connectivity index (χ2n) is 4.80. The third kappa shape index (κ3) is 2.71. The van der Waals surface area contributed by atoms with E-state index in [2.05, 4.69) is 10.1 Å². The summed E-state index contributed by atoms with van der Waals surface area (Å²) in [5.41, 5.74) is 1.03. The Morgan fingerprint density at radius 1 is 1.00 bits per heavy atom. The van der Waals surface area contributed by atoms with Crippen molar-refractivity contribution >= 4 is 5.71 Å². The van der Waals surface area contributed by atoms with Gasteiger partial charge in [0, 0.05) is 0 Å². The van der Waals surface area contributed by atoms with E-state index in [0.29, 0.717) is 6.04 Å². The summed E-state index contributed by atoms with van der Waals surface area (Å²) in [5.74, 6) is 0. The Morgan fingerprint density at radius 3 is 2.40 bits per heavy atom. The molecule has 1 aliphatic carbocycles. The van der Waals surface area contributed by atoms with Crippen molar-refractivity contribution in [1.82, 2.24) is 4.90 Å². The largest absolute Gasteiger partial charge is 0.411 e. The highest BCUT2D eigenvalue weighted by molar-refractivity contribution is 5.89. The Hall–Kier alpha value is -0.570. The fourth-order valence-corrected chi connectivity index (χ4v) is 2.89. The Balaban J connectivity index is 1.99. The molecule has 1 saturated heterocycles. The van der Waals surface area contributed by atoms with Crippen LogP contribution in [0.2, 0.25) is 0 Å². The molecule has 1 atom stereocenters. The molecule has 2 aliphatic rings. The van der Waals surface area contributed by atoms with Gasteiger partial charge in [0.15, 0.2) is 0 Å². The third-order valence-electron chi connectivity index (χ3n) is 3.75. The van der Waals surface area contributed by atoms with Crippen LogP contribution in [0.3, 0.4) is 0 Å². The van der Waals surface area contributed by atoms with Gasteiger partial charge in [0.25, 0.3) is 0 Å². The number of hydrogen-bond donors (Lipinski definition) is 1. The number of hydrogen-bond acceptors (Lipinski definition) is 3. The van der Waals surface area contributed by atoms with E-state index in [1.165, 1.54) is 58.0 Å². The van der Waals surface area contributed by atoms with Gasteiger partial charge in [-0.15, -0.1) is 0 Å². The first-order chi connectivity index (χ1) is 7.42. The fraction of sp³-hybridized carbons (Fsp3) is 0.917. The van der Waals surface area contributed by atoms with Crippen LogP contribution < -0.4 is 0 Å². The highest BCUT2D eigenvalue weighted by Crippen LogP contribution is 2.23. The van der Waals surface area contributed by atoms with E-state index in [-0.39, 0.29) is 0 Å². The summed E-state index contributed by atoms with van der Waals surface area (Å²) in [7, 11) is 0. The van der Waals surface area contributed by atoms with Gasteiger partial charge in [-0.1, -0.05) is 24.4 Å². The van der Waals surface area contributed by atoms with E-state index < -0.39 is 0 Å². The van der Waals surface area contributed by atoms with E-state index in [0.717, 1.165) is 12.1 Å². The van der Waals surface area contributed by atoms with Gasteiger partial charge in [-0.05, 0) is 45.2 Å². The predicted molar refractivity (Wildman–Crippen MR) is 61.5 cm³/mol. The van der Waals surface area contributed by atoms with Gasteiger partial charge in [0.05, 0.1) is 11.8 Å². The lowest BCUT2D eigenvalue weighted by molar-refractivity contribution is 0.220. The van der Waals surface area contributed by atoms with E-state index in [1.807, 2.05) is 0 Å². The van der Waals surface area contributed by atoms with E-state index in [9.17, 15) is 0 Å². The van der Waals surface area contributed by atoms with Crippen LogP contribution in [-0.2, 0) is 0 Å². The molecule has 0 aromatic carbocycles. The highest BCUT2D eigenvalue weighted by Gasteiger charge is 2.27. The normalized spacial score (nSPS) is 32.8. The van der Waals surface area contributed by atoms with Gasteiger partial charge >= 0.3 is 0 Å². The lowest BCUT2D eigenvalue weighted by Crippen LogP contribution is -2.43. The fourth-order valence-electron chi connectivity index (χ4n) is 2.89. The predicted octanol–water partition coefficient (Wildman–Crippen LogP) is 2.64. The summed E-state index contributed by atoms with van der Waals surface area (Å²) in [5, 5.41) is 12.5. The van der Waals surface area contributed by atoms with Crippen molar-refractivity contribution in [3.63, 3.8) is 0 Å². The lowest BCUT2D eigenvalue weighted by atomic mass is 9.92. The second kappa shape index (κ2) is 5.50. The van der Waals surface area contributed by atoms with Gasteiger partial charge in [0.2, 0.25) is 0 Å². The summed E-state index contributed by atoms with van der Waals surface area (Å²) in [6, 6.07) is 0.446. The zero-order chi connectivity index (χ0) is 10.5. The summed E-state index contributed by atoms with van der Waals surface area (Å²) in [4.78, 5) is 2.54. The summed E-state index contributed by atoms with van der Waals surface area (Å²) in [6.07, 6.45) is 10.1. The third-order valence-corrected chi connectivity index (χ3v) is 3.75. The molecule has 0 spiro atoms. The van der Waals surface area contributed by atoms with Gasteiger partial charge in [0.1, 0.15) is 0 Å². The van der Waals surface area contributed by atoms with E-state index in [1.54, 1.807) is 0 Å². The Labute approximate surface area is 92.1 Å². The molecule has 1 aliphatic heterocycles. The average molecular weight is 210 g/mol. The molecule has 2 fully saturated rings. The average Bonchev–Trinajstić information content (AvgIpc) is 2.57. The number of likely N-dealkylation sites (tertiary alicyclic amines) is 1. The molecule has 86 valence electrons. The molecule has 1 N–H and O–H groups in total. The SMILES string of the molecule is O/N=C1\CCCC[C@@H]1N1CCCCCC1. The van der Waals surface area contributed by atoms with Gasteiger partial charge < -0.3 is 5.21 Å². The minimum absolute atomic E-state index is 0.446. The van der Waals surface area contributed by atoms with E-state index in [4.69, 9.17) is 5.21 Å². The molecule has 0 unspecified atom stereocenters. The quantitative estimate of drug-likeness (QED) is 0.533. The van der Waals surface area contributed by atoms with Crippen molar-refractivity contribution in [2.24, 2.45) is 5.16 Å². The molecule has 3 heteroatoms. The van der Waals surface area contributed by atoms with Crippen LogP contribution in [0.15, 0.2) is 5.16 Å². The molecule has 15 heavy (non-hydrogen) atoms. The highest BCUT2D eigenvalue weighted by atomic mass is 16.4. The molecule has 0 amide bonds. The van der Waals surface area contributed by atoms with Crippen LogP contribution in [0.25, 0.3) is 0 Å². The maximum atomic E-state index is 9.02. The monoisotopic (exact) mass is 210 g/mol. The first-order valence-electron chi connectivity index (χ1n) is 6.36. The van der Waals surface area contributed by atoms with Crippen molar-refractivity contribution in [2.75, 3.05) is 13.1 Å². The molecular formula is C12H22N2O. The van der Waals surface area contributed by atoms with Crippen molar-refractivity contribution < 1.29 is 5.21 Å². The minimum Gasteiger partial charge on any atom is -0.411 e. The van der Waals surface area contributed by atoms with Crippen LogP contribution in [0.5, 0.6) is 0 Å². The van der Waals surface area contributed by atoms with Gasteiger partial charge in [-0.3, -0.25) is 4.90 Å². The second-order valence-corrected chi connectivity index (χ2v) is 4.80. The topological polar surface area (TPSA) is 35.8 Å². The Kier molecular flexibility index (Phi) is 4.01. The van der Waals surface area contributed by atoms with Crippen molar-refractivity contribution in [3.8, 4) is 0 Å². The Morgan fingerprint density at radius 2 is 1.73 bits per heavy atom. The smallest absolute Gasteiger partial charge is 0.0742 e. The molecule has 2 rings (SSSR count). The van der Waals surface area contributed by atoms with Gasteiger partial charge in [-0.2, -0.15) is 0 Å². The molecule has 1 heterocycles. The Bertz CT molecular complexity index is 220. The molecule has 0 aromatic rings. The molecule has 3 nitrogen and oxygen atoms in total. The van der Waals surface area contributed by atoms with Crippen molar-refractivity contribution in [3.05, 3.63) is 0 Å². The maximum Gasteiger partial charge on any atom is 0.0742 e. The summed E-state index contributed by atoms with van der Waals surface area (Å²) in [6.45, 7) is 2.40. The maximum absolute atomic E-state index is 9.02. The van der Waals surface area contributed by atoms with Crippen LogP contribution in [0.1, 0.15) is 51.4 Å².